The quantitative estimate of drug-likeness (QED) is 0.657. The fourth-order valence-electron chi connectivity index (χ4n) is 4.60. The first-order valence-corrected chi connectivity index (χ1v) is 11.7. The third-order valence-corrected chi connectivity index (χ3v) is 7.35. The zero-order valence-corrected chi connectivity index (χ0v) is 18.1. The van der Waals surface area contributed by atoms with Crippen LogP contribution in [0, 0.1) is 5.82 Å². The molecule has 1 aromatic carbocycles. The van der Waals surface area contributed by atoms with Gasteiger partial charge >= 0.3 is 0 Å². The summed E-state index contributed by atoms with van der Waals surface area (Å²) < 4.78 is 15.5. The van der Waals surface area contributed by atoms with Crippen LogP contribution in [0.2, 0.25) is 0 Å². The number of anilines is 1. The Labute approximate surface area is 183 Å². The van der Waals surface area contributed by atoms with Crippen LogP contribution in [0.1, 0.15) is 41.9 Å². The van der Waals surface area contributed by atoms with Crippen molar-refractivity contribution in [3.63, 3.8) is 0 Å². The van der Waals surface area contributed by atoms with E-state index in [9.17, 15) is 14.0 Å². The molecule has 0 atom stereocenters. The second kappa shape index (κ2) is 8.51. The van der Waals surface area contributed by atoms with Gasteiger partial charge in [-0.1, -0.05) is 12.1 Å². The van der Waals surface area contributed by atoms with Crippen LogP contribution >= 0.6 is 11.3 Å². The van der Waals surface area contributed by atoms with Crippen molar-refractivity contribution in [1.29, 1.82) is 0 Å². The summed E-state index contributed by atoms with van der Waals surface area (Å²) in [6, 6.07) is 6.04. The number of aromatic nitrogens is 2. The average Bonchev–Trinajstić information content (AvgIpc) is 3.40. The Bertz CT molecular complexity index is 1200. The molecule has 162 valence electrons. The number of rotatable bonds is 5. The molecule has 2 aliphatic rings. The van der Waals surface area contributed by atoms with Gasteiger partial charge in [0.05, 0.1) is 17.6 Å². The molecule has 1 N–H and O–H groups in total. The van der Waals surface area contributed by atoms with Crippen molar-refractivity contribution in [2.75, 3.05) is 18.4 Å². The minimum atomic E-state index is -0.499. The van der Waals surface area contributed by atoms with Gasteiger partial charge in [0.25, 0.3) is 5.56 Å². The van der Waals surface area contributed by atoms with Crippen molar-refractivity contribution in [2.45, 2.75) is 51.6 Å². The van der Waals surface area contributed by atoms with E-state index >= 15 is 0 Å². The number of amides is 1. The van der Waals surface area contributed by atoms with E-state index in [1.54, 1.807) is 23.5 Å². The molecule has 0 unspecified atom stereocenters. The number of fused-ring (bicyclic) bond motifs is 3. The predicted octanol–water partition coefficient (Wildman–Crippen LogP) is 3.71. The van der Waals surface area contributed by atoms with Crippen molar-refractivity contribution < 1.29 is 9.18 Å². The Hall–Kier alpha value is -2.58. The molecule has 1 aliphatic carbocycles. The lowest BCUT2D eigenvalue weighted by Gasteiger charge is -2.18. The van der Waals surface area contributed by atoms with E-state index in [0.29, 0.717) is 17.8 Å². The lowest BCUT2D eigenvalue weighted by molar-refractivity contribution is -0.116. The molecule has 0 bridgehead atoms. The number of thiophene rings is 1. The fraction of sp³-hybridized carbons (Fsp3) is 0.435. The van der Waals surface area contributed by atoms with Gasteiger partial charge in [-0.05, 0) is 69.3 Å². The number of hydrogen-bond acceptors (Lipinski definition) is 5. The van der Waals surface area contributed by atoms with Gasteiger partial charge in [-0.25, -0.2) is 9.37 Å². The van der Waals surface area contributed by atoms with Crippen LogP contribution < -0.4 is 10.9 Å². The Balaban J connectivity index is 1.53. The number of hydrogen-bond donors (Lipinski definition) is 1. The molecular formula is C23H25FN4O2S. The molecule has 1 amide bonds. The van der Waals surface area contributed by atoms with E-state index in [4.69, 9.17) is 4.98 Å². The third kappa shape index (κ3) is 4.02. The van der Waals surface area contributed by atoms with Gasteiger partial charge in [-0.15, -0.1) is 11.3 Å². The maximum Gasteiger partial charge on any atom is 0.263 e. The highest BCUT2D eigenvalue weighted by molar-refractivity contribution is 7.18. The van der Waals surface area contributed by atoms with E-state index in [1.807, 2.05) is 0 Å². The first-order valence-electron chi connectivity index (χ1n) is 10.9. The summed E-state index contributed by atoms with van der Waals surface area (Å²) >= 11 is 1.63. The van der Waals surface area contributed by atoms with Gasteiger partial charge < -0.3 is 5.32 Å². The summed E-state index contributed by atoms with van der Waals surface area (Å²) in [4.78, 5) is 35.5. The number of likely N-dealkylation sites (tertiary alicyclic amines) is 1. The monoisotopic (exact) mass is 440 g/mol. The molecule has 6 nitrogen and oxygen atoms in total. The zero-order chi connectivity index (χ0) is 21.4. The van der Waals surface area contributed by atoms with E-state index in [0.717, 1.165) is 62.0 Å². The van der Waals surface area contributed by atoms with Crippen LogP contribution in [0.25, 0.3) is 10.2 Å². The summed E-state index contributed by atoms with van der Waals surface area (Å²) in [5.41, 5.74) is 1.07. The fourth-order valence-corrected chi connectivity index (χ4v) is 5.87. The molecule has 31 heavy (non-hydrogen) atoms. The number of carbonyl (C=O) groups is 1. The van der Waals surface area contributed by atoms with E-state index in [-0.39, 0.29) is 17.8 Å². The predicted molar refractivity (Wildman–Crippen MR) is 120 cm³/mol. The number of nitrogens with zero attached hydrogens (tertiary/aromatic N) is 3. The number of aryl methyl sites for hydroxylation is 2. The summed E-state index contributed by atoms with van der Waals surface area (Å²) in [5, 5.41) is 3.27. The van der Waals surface area contributed by atoms with Crippen LogP contribution in [0.15, 0.2) is 29.1 Å². The number of halogens is 1. The summed E-state index contributed by atoms with van der Waals surface area (Å²) in [6.45, 7) is 2.30. The van der Waals surface area contributed by atoms with Gasteiger partial charge in [0.1, 0.15) is 23.0 Å². The standard InChI is InChI=1S/C23H25FN4O2S/c24-16-8-2-3-9-17(16)25-20(29)14-28-19(13-27-11-5-6-12-27)26-22-21(23(28)30)15-7-1-4-10-18(15)31-22/h2-3,8-9H,1,4-7,10-14H2,(H,25,29). The van der Waals surface area contributed by atoms with E-state index in [2.05, 4.69) is 10.2 Å². The second-order valence-electron chi connectivity index (χ2n) is 8.32. The minimum Gasteiger partial charge on any atom is -0.322 e. The van der Waals surface area contributed by atoms with Crippen LogP contribution in [0.3, 0.4) is 0 Å². The van der Waals surface area contributed by atoms with Crippen molar-refractivity contribution in [3.05, 3.63) is 56.7 Å². The van der Waals surface area contributed by atoms with Crippen LogP contribution in [-0.2, 0) is 30.7 Å². The number of nitrogens with one attached hydrogen (secondary N) is 1. The van der Waals surface area contributed by atoms with Crippen LogP contribution in [-0.4, -0.2) is 33.4 Å². The highest BCUT2D eigenvalue weighted by Crippen LogP contribution is 2.34. The van der Waals surface area contributed by atoms with Gasteiger partial charge in [0, 0.05) is 4.88 Å². The number of para-hydroxylation sites is 1. The number of carbonyl (C=O) groups excluding carboxylic acids is 1. The SMILES string of the molecule is O=C(Cn1c(CN2CCCC2)nc2sc3c(c2c1=O)CCCC3)Nc1ccccc1F. The van der Waals surface area contributed by atoms with E-state index in [1.165, 1.54) is 21.6 Å². The average molecular weight is 441 g/mol. The third-order valence-electron chi connectivity index (χ3n) is 6.17. The molecule has 2 aromatic heterocycles. The first-order chi connectivity index (χ1) is 15.1. The molecule has 1 aliphatic heterocycles. The molecule has 3 aromatic rings. The van der Waals surface area contributed by atoms with E-state index < -0.39 is 11.7 Å². The Kier molecular flexibility index (Phi) is 5.58. The highest BCUT2D eigenvalue weighted by atomic mass is 32.1. The molecule has 1 saturated heterocycles. The minimum absolute atomic E-state index is 0.114. The number of benzene rings is 1. The highest BCUT2D eigenvalue weighted by Gasteiger charge is 2.24. The second-order valence-corrected chi connectivity index (χ2v) is 9.41. The van der Waals surface area contributed by atoms with Crippen molar-refractivity contribution in [1.82, 2.24) is 14.5 Å². The Morgan fingerprint density at radius 3 is 2.71 bits per heavy atom. The summed E-state index contributed by atoms with van der Waals surface area (Å²) in [5.74, 6) is -0.317. The van der Waals surface area contributed by atoms with Gasteiger partial charge in [0.15, 0.2) is 0 Å². The largest absolute Gasteiger partial charge is 0.322 e. The van der Waals surface area contributed by atoms with Gasteiger partial charge in [-0.3, -0.25) is 19.1 Å². The van der Waals surface area contributed by atoms with Gasteiger partial charge in [0.2, 0.25) is 5.91 Å². The summed E-state index contributed by atoms with van der Waals surface area (Å²) in [6.07, 6.45) is 6.35. The van der Waals surface area contributed by atoms with Crippen LogP contribution in [0.5, 0.6) is 0 Å². The molecule has 0 radical (unpaired) electrons. The maximum atomic E-state index is 14.0. The molecule has 1 fully saturated rings. The Morgan fingerprint density at radius 1 is 1.13 bits per heavy atom. The van der Waals surface area contributed by atoms with Crippen molar-refractivity contribution in [2.24, 2.45) is 0 Å². The summed E-state index contributed by atoms with van der Waals surface area (Å²) in [7, 11) is 0. The molecule has 3 heterocycles. The lowest BCUT2D eigenvalue weighted by atomic mass is 9.97. The smallest absolute Gasteiger partial charge is 0.263 e. The topological polar surface area (TPSA) is 67.2 Å². The molecule has 0 spiro atoms. The molecule has 8 heteroatoms. The zero-order valence-electron chi connectivity index (χ0n) is 17.3. The van der Waals surface area contributed by atoms with Crippen LogP contribution in [0.4, 0.5) is 10.1 Å². The Morgan fingerprint density at radius 2 is 1.90 bits per heavy atom. The molecule has 5 rings (SSSR count). The van der Waals surface area contributed by atoms with Crippen molar-refractivity contribution >= 4 is 33.1 Å². The maximum absolute atomic E-state index is 14.0. The molecule has 0 saturated carbocycles. The van der Waals surface area contributed by atoms with Crippen molar-refractivity contribution in [3.8, 4) is 0 Å². The van der Waals surface area contributed by atoms with Gasteiger partial charge in [-0.2, -0.15) is 0 Å². The molecular weight excluding hydrogens is 415 g/mol. The normalized spacial score (nSPS) is 16.5. The first kappa shape index (κ1) is 20.3. The lowest BCUT2D eigenvalue weighted by Crippen LogP contribution is -2.34.